The van der Waals surface area contributed by atoms with E-state index >= 15 is 0 Å². The fraction of sp³-hybridized carbons (Fsp3) is 0.611. The molecule has 0 unspecified atom stereocenters. The molecule has 118 valence electrons. The fourth-order valence-corrected chi connectivity index (χ4v) is 4.31. The Morgan fingerprint density at radius 2 is 2.00 bits per heavy atom. The Balaban J connectivity index is 1.29. The van der Waals surface area contributed by atoms with Crippen LogP contribution in [0, 0.1) is 5.41 Å². The minimum Gasteiger partial charge on any atom is -0.373 e. The molecule has 2 fully saturated rings. The normalized spacial score (nSPS) is 31.0. The third-order valence-corrected chi connectivity index (χ3v) is 5.45. The summed E-state index contributed by atoms with van der Waals surface area (Å²) in [7, 11) is 0. The minimum absolute atomic E-state index is 0.0432. The number of urea groups is 1. The molecule has 2 saturated heterocycles. The number of hydrogen-bond donors (Lipinski definition) is 2. The largest absolute Gasteiger partial charge is 0.373 e. The molecule has 3 atom stereocenters. The number of carbonyl (C=O) groups excluding carboxylic acids is 1. The molecule has 3 aliphatic rings. The van der Waals surface area contributed by atoms with E-state index in [-0.39, 0.29) is 23.6 Å². The highest BCUT2D eigenvalue weighted by Gasteiger charge is 2.41. The van der Waals surface area contributed by atoms with Crippen molar-refractivity contribution >= 4 is 6.03 Å². The zero-order chi connectivity index (χ0) is 15.2. The van der Waals surface area contributed by atoms with Gasteiger partial charge in [-0.25, -0.2) is 4.79 Å². The highest BCUT2D eigenvalue weighted by atomic mass is 16.5. The van der Waals surface area contributed by atoms with E-state index < -0.39 is 0 Å². The van der Waals surface area contributed by atoms with Crippen molar-refractivity contribution in [3.05, 3.63) is 35.4 Å². The molecule has 0 radical (unpaired) electrons. The zero-order valence-corrected chi connectivity index (χ0v) is 13.1. The van der Waals surface area contributed by atoms with Gasteiger partial charge in [-0.05, 0) is 48.6 Å². The van der Waals surface area contributed by atoms with E-state index in [4.69, 9.17) is 4.74 Å². The van der Waals surface area contributed by atoms with Crippen LogP contribution in [0.4, 0.5) is 4.79 Å². The molecule has 1 aromatic carbocycles. The minimum atomic E-state index is -0.0432. The van der Waals surface area contributed by atoms with E-state index in [0.717, 1.165) is 38.6 Å². The van der Waals surface area contributed by atoms with Crippen LogP contribution in [-0.4, -0.2) is 30.8 Å². The van der Waals surface area contributed by atoms with Gasteiger partial charge in [-0.15, -0.1) is 0 Å². The summed E-state index contributed by atoms with van der Waals surface area (Å²) in [6.07, 6.45) is 5.91. The highest BCUT2D eigenvalue weighted by Crippen LogP contribution is 2.36. The summed E-state index contributed by atoms with van der Waals surface area (Å²) in [6, 6.07) is 8.76. The SMILES string of the molecule is CC1(CNC(=O)N[C@@H]2C[C@H]3CC[C@H]2O3)Cc2ccccc2C1. The lowest BCUT2D eigenvalue weighted by Gasteiger charge is -2.26. The first-order valence-electron chi connectivity index (χ1n) is 8.38. The molecule has 4 rings (SSSR count). The van der Waals surface area contributed by atoms with Crippen molar-refractivity contribution in [3.63, 3.8) is 0 Å². The van der Waals surface area contributed by atoms with Gasteiger partial charge >= 0.3 is 6.03 Å². The van der Waals surface area contributed by atoms with Gasteiger partial charge in [0.05, 0.1) is 18.2 Å². The standard InChI is InChI=1S/C18H24N2O2/c1-18(9-12-4-2-3-5-13(12)10-18)11-19-17(21)20-15-8-14-6-7-16(15)22-14/h2-5,14-16H,6-11H2,1H3,(H2,19,20,21)/t14-,15-,16-/m1/s1. The van der Waals surface area contributed by atoms with Crippen LogP contribution in [0.5, 0.6) is 0 Å². The molecule has 2 aliphatic heterocycles. The number of rotatable bonds is 3. The van der Waals surface area contributed by atoms with Crippen LogP contribution in [0.25, 0.3) is 0 Å². The van der Waals surface area contributed by atoms with Gasteiger partial charge in [0.15, 0.2) is 0 Å². The second-order valence-electron chi connectivity index (χ2n) is 7.48. The summed E-state index contributed by atoms with van der Waals surface area (Å²) in [6.45, 7) is 2.98. The Morgan fingerprint density at radius 3 is 2.59 bits per heavy atom. The van der Waals surface area contributed by atoms with Gasteiger partial charge in [0.2, 0.25) is 0 Å². The lowest BCUT2D eigenvalue weighted by Crippen LogP contribution is -2.48. The summed E-state index contributed by atoms with van der Waals surface area (Å²) in [4.78, 5) is 12.2. The van der Waals surface area contributed by atoms with Gasteiger partial charge in [-0.1, -0.05) is 31.2 Å². The summed E-state index contributed by atoms with van der Waals surface area (Å²) >= 11 is 0. The van der Waals surface area contributed by atoms with Crippen LogP contribution >= 0.6 is 0 Å². The average Bonchev–Trinajstić information content (AvgIpc) is 3.18. The summed E-state index contributed by atoms with van der Waals surface area (Å²) in [5, 5.41) is 6.18. The number of amides is 2. The number of hydrogen-bond acceptors (Lipinski definition) is 2. The van der Waals surface area contributed by atoms with Gasteiger partial charge in [0, 0.05) is 6.54 Å². The fourth-order valence-electron chi connectivity index (χ4n) is 4.31. The van der Waals surface area contributed by atoms with Crippen LogP contribution in [0.1, 0.15) is 37.3 Å². The van der Waals surface area contributed by atoms with E-state index in [9.17, 15) is 4.79 Å². The molecule has 4 heteroatoms. The Kier molecular flexibility index (Phi) is 3.37. The van der Waals surface area contributed by atoms with Gasteiger partial charge < -0.3 is 15.4 Å². The molecule has 2 bridgehead atoms. The van der Waals surface area contributed by atoms with Crippen molar-refractivity contribution < 1.29 is 9.53 Å². The van der Waals surface area contributed by atoms with Crippen molar-refractivity contribution in [2.45, 2.75) is 57.3 Å². The van der Waals surface area contributed by atoms with Crippen molar-refractivity contribution in [1.29, 1.82) is 0 Å². The number of nitrogens with one attached hydrogen (secondary N) is 2. The second-order valence-corrected chi connectivity index (χ2v) is 7.48. The molecule has 4 nitrogen and oxygen atoms in total. The van der Waals surface area contributed by atoms with Crippen LogP contribution in [0.2, 0.25) is 0 Å². The molecular weight excluding hydrogens is 276 g/mol. The van der Waals surface area contributed by atoms with Gasteiger partial charge in [0.1, 0.15) is 0 Å². The number of fused-ring (bicyclic) bond motifs is 3. The van der Waals surface area contributed by atoms with Crippen LogP contribution in [0.3, 0.4) is 0 Å². The predicted octanol–water partition coefficient (Wildman–Crippen LogP) is 2.41. The van der Waals surface area contributed by atoms with Gasteiger partial charge in [-0.2, -0.15) is 0 Å². The lowest BCUT2D eigenvalue weighted by atomic mass is 9.87. The number of ether oxygens (including phenoxy) is 1. The third kappa shape index (κ3) is 2.60. The third-order valence-electron chi connectivity index (χ3n) is 5.45. The van der Waals surface area contributed by atoms with Gasteiger partial charge in [-0.3, -0.25) is 0 Å². The second kappa shape index (κ2) is 5.27. The summed E-state index contributed by atoms with van der Waals surface area (Å²) in [5.41, 5.74) is 2.98. The molecular formula is C18H24N2O2. The highest BCUT2D eigenvalue weighted by molar-refractivity contribution is 5.74. The maximum absolute atomic E-state index is 12.2. The summed E-state index contributed by atoms with van der Waals surface area (Å²) < 4.78 is 5.78. The van der Waals surface area contributed by atoms with Crippen molar-refractivity contribution in [3.8, 4) is 0 Å². The molecule has 0 aromatic heterocycles. The molecule has 1 aromatic rings. The van der Waals surface area contributed by atoms with Crippen LogP contribution in [0.15, 0.2) is 24.3 Å². The first kappa shape index (κ1) is 14.1. The van der Waals surface area contributed by atoms with E-state index in [1.54, 1.807) is 0 Å². The number of carbonyl (C=O) groups is 1. The first-order chi connectivity index (χ1) is 10.6. The van der Waals surface area contributed by atoms with Crippen molar-refractivity contribution in [1.82, 2.24) is 10.6 Å². The van der Waals surface area contributed by atoms with E-state index in [1.807, 2.05) is 0 Å². The topological polar surface area (TPSA) is 50.4 Å². The van der Waals surface area contributed by atoms with Crippen molar-refractivity contribution in [2.75, 3.05) is 6.54 Å². The van der Waals surface area contributed by atoms with Crippen molar-refractivity contribution in [2.24, 2.45) is 5.41 Å². The molecule has 2 heterocycles. The first-order valence-corrected chi connectivity index (χ1v) is 8.38. The zero-order valence-electron chi connectivity index (χ0n) is 13.1. The molecule has 0 saturated carbocycles. The average molecular weight is 300 g/mol. The quantitative estimate of drug-likeness (QED) is 0.900. The van der Waals surface area contributed by atoms with E-state index in [2.05, 4.69) is 41.8 Å². The molecule has 2 amide bonds. The maximum Gasteiger partial charge on any atom is 0.315 e. The van der Waals surface area contributed by atoms with Crippen LogP contribution < -0.4 is 10.6 Å². The smallest absolute Gasteiger partial charge is 0.315 e. The van der Waals surface area contributed by atoms with E-state index in [0.29, 0.717) is 6.10 Å². The molecule has 22 heavy (non-hydrogen) atoms. The Bertz CT molecular complexity index is 561. The molecule has 1 aliphatic carbocycles. The monoisotopic (exact) mass is 300 g/mol. The van der Waals surface area contributed by atoms with Crippen LogP contribution in [-0.2, 0) is 17.6 Å². The number of benzene rings is 1. The Morgan fingerprint density at radius 1 is 1.27 bits per heavy atom. The van der Waals surface area contributed by atoms with Gasteiger partial charge in [0.25, 0.3) is 0 Å². The molecule has 2 N–H and O–H groups in total. The lowest BCUT2D eigenvalue weighted by molar-refractivity contribution is 0.0980. The Labute approximate surface area is 131 Å². The molecule has 0 spiro atoms. The Hall–Kier alpha value is -1.55. The predicted molar refractivity (Wildman–Crippen MR) is 84.8 cm³/mol. The maximum atomic E-state index is 12.2. The van der Waals surface area contributed by atoms with E-state index in [1.165, 1.54) is 11.1 Å². The summed E-state index contributed by atoms with van der Waals surface area (Å²) in [5.74, 6) is 0.